The predicted octanol–water partition coefficient (Wildman–Crippen LogP) is 3.73. The lowest BCUT2D eigenvalue weighted by Crippen LogP contribution is -2.30. The molecule has 0 bridgehead atoms. The van der Waals surface area contributed by atoms with Crippen LogP contribution in [-0.4, -0.2) is 46.9 Å². The lowest BCUT2D eigenvalue weighted by Gasteiger charge is -2.18. The molecule has 148 valence electrons. The molecule has 0 saturated carbocycles. The summed E-state index contributed by atoms with van der Waals surface area (Å²) in [5.74, 6) is 0.620. The number of nitrogens with zero attached hydrogens (tertiary/aromatic N) is 3. The van der Waals surface area contributed by atoms with E-state index in [0.29, 0.717) is 11.2 Å². The Bertz CT molecular complexity index is 823. The SMILES string of the molecule is C1COCCN1.CC(C)(C)Cc1ccc(-c2ccccc2-c2nn[nH]n2)cc1. The molecule has 0 aliphatic carbocycles. The van der Waals surface area contributed by atoms with E-state index in [9.17, 15) is 0 Å². The molecule has 28 heavy (non-hydrogen) atoms. The van der Waals surface area contributed by atoms with Crippen molar-refractivity contribution in [3.63, 3.8) is 0 Å². The van der Waals surface area contributed by atoms with Gasteiger partial charge in [-0.25, -0.2) is 0 Å². The average molecular weight is 380 g/mol. The fourth-order valence-electron chi connectivity index (χ4n) is 3.14. The van der Waals surface area contributed by atoms with Crippen LogP contribution in [0.3, 0.4) is 0 Å². The summed E-state index contributed by atoms with van der Waals surface area (Å²) in [7, 11) is 0. The maximum Gasteiger partial charge on any atom is 0.205 e. The van der Waals surface area contributed by atoms with E-state index in [1.165, 1.54) is 5.56 Å². The summed E-state index contributed by atoms with van der Waals surface area (Å²) in [4.78, 5) is 0. The molecular weight excluding hydrogens is 350 g/mol. The zero-order valence-corrected chi connectivity index (χ0v) is 16.9. The first-order chi connectivity index (χ1) is 13.5. The molecule has 1 aliphatic heterocycles. The van der Waals surface area contributed by atoms with Gasteiger partial charge in [0.2, 0.25) is 5.82 Å². The number of ether oxygens (including phenoxy) is 1. The maximum absolute atomic E-state index is 5.01. The Morgan fingerprint density at radius 1 is 0.929 bits per heavy atom. The first-order valence-electron chi connectivity index (χ1n) is 9.73. The average Bonchev–Trinajstić information content (AvgIpc) is 3.24. The monoisotopic (exact) mass is 379 g/mol. The Kier molecular flexibility index (Phi) is 6.90. The van der Waals surface area contributed by atoms with Crippen molar-refractivity contribution >= 4 is 0 Å². The number of aromatic nitrogens is 4. The van der Waals surface area contributed by atoms with Crippen LogP contribution in [0.5, 0.6) is 0 Å². The van der Waals surface area contributed by atoms with Crippen LogP contribution in [0.2, 0.25) is 0 Å². The van der Waals surface area contributed by atoms with Crippen molar-refractivity contribution in [3.05, 3.63) is 54.1 Å². The van der Waals surface area contributed by atoms with Crippen molar-refractivity contribution < 1.29 is 4.74 Å². The minimum absolute atomic E-state index is 0.296. The normalized spacial score (nSPS) is 14.2. The van der Waals surface area contributed by atoms with Gasteiger partial charge < -0.3 is 10.1 Å². The number of morpholine rings is 1. The Morgan fingerprint density at radius 2 is 1.61 bits per heavy atom. The summed E-state index contributed by atoms with van der Waals surface area (Å²) in [5, 5.41) is 17.5. The molecule has 1 aliphatic rings. The third kappa shape index (κ3) is 5.97. The van der Waals surface area contributed by atoms with Crippen molar-refractivity contribution in [2.45, 2.75) is 27.2 Å². The van der Waals surface area contributed by atoms with E-state index in [1.807, 2.05) is 18.2 Å². The first-order valence-corrected chi connectivity index (χ1v) is 9.73. The van der Waals surface area contributed by atoms with Gasteiger partial charge in [0.15, 0.2) is 0 Å². The third-order valence-electron chi connectivity index (χ3n) is 4.36. The van der Waals surface area contributed by atoms with Gasteiger partial charge in [-0.3, -0.25) is 0 Å². The molecule has 1 saturated heterocycles. The molecule has 0 unspecified atom stereocenters. The molecule has 6 nitrogen and oxygen atoms in total. The van der Waals surface area contributed by atoms with E-state index in [1.54, 1.807) is 0 Å². The van der Waals surface area contributed by atoms with E-state index in [2.05, 4.69) is 77.0 Å². The molecule has 0 spiro atoms. The van der Waals surface area contributed by atoms with Crippen LogP contribution in [0.4, 0.5) is 0 Å². The van der Waals surface area contributed by atoms with Gasteiger partial charge in [-0.05, 0) is 33.7 Å². The minimum Gasteiger partial charge on any atom is -0.379 e. The Hall–Kier alpha value is -2.57. The fourth-order valence-corrected chi connectivity index (χ4v) is 3.14. The van der Waals surface area contributed by atoms with Crippen LogP contribution < -0.4 is 5.32 Å². The molecule has 3 aromatic rings. The van der Waals surface area contributed by atoms with Gasteiger partial charge in [-0.1, -0.05) is 69.3 Å². The number of rotatable bonds is 3. The lowest BCUT2D eigenvalue weighted by atomic mass is 9.87. The summed E-state index contributed by atoms with van der Waals surface area (Å²) in [6.45, 7) is 10.6. The summed E-state index contributed by atoms with van der Waals surface area (Å²) in [6.07, 6.45) is 1.07. The van der Waals surface area contributed by atoms with Crippen LogP contribution in [0.1, 0.15) is 26.3 Å². The van der Waals surface area contributed by atoms with Crippen molar-refractivity contribution in [1.29, 1.82) is 0 Å². The largest absolute Gasteiger partial charge is 0.379 e. The van der Waals surface area contributed by atoms with Gasteiger partial charge in [0.05, 0.1) is 13.2 Å². The van der Waals surface area contributed by atoms with Gasteiger partial charge in [-0.2, -0.15) is 5.21 Å². The standard InChI is InChI=1S/C18H20N4.C4H9NO/c1-18(2,3)12-13-8-10-14(11-9-13)15-6-4-5-7-16(15)17-19-21-22-20-17;1-3-6-4-2-5-1/h4-11H,12H2,1-3H3,(H,19,20,21,22);5H,1-4H2. The second kappa shape index (κ2) is 9.57. The van der Waals surface area contributed by atoms with Crippen molar-refractivity contribution in [1.82, 2.24) is 25.9 Å². The summed E-state index contributed by atoms with van der Waals surface area (Å²) >= 11 is 0. The van der Waals surface area contributed by atoms with Crippen LogP contribution in [0.15, 0.2) is 48.5 Å². The molecule has 4 rings (SSSR count). The van der Waals surface area contributed by atoms with Crippen molar-refractivity contribution in [2.75, 3.05) is 26.3 Å². The van der Waals surface area contributed by atoms with E-state index in [-0.39, 0.29) is 0 Å². The predicted molar refractivity (Wildman–Crippen MR) is 112 cm³/mol. The minimum atomic E-state index is 0.296. The molecule has 6 heteroatoms. The number of aromatic amines is 1. The smallest absolute Gasteiger partial charge is 0.205 e. The highest BCUT2D eigenvalue weighted by atomic mass is 16.5. The molecule has 1 fully saturated rings. The molecule has 2 heterocycles. The molecule has 2 N–H and O–H groups in total. The van der Waals surface area contributed by atoms with E-state index >= 15 is 0 Å². The van der Waals surface area contributed by atoms with Gasteiger partial charge in [-0.15, -0.1) is 10.2 Å². The molecule has 0 atom stereocenters. The molecule has 2 aromatic carbocycles. The van der Waals surface area contributed by atoms with Gasteiger partial charge in [0, 0.05) is 18.7 Å². The van der Waals surface area contributed by atoms with Gasteiger partial charge in [0.25, 0.3) is 0 Å². The quantitative estimate of drug-likeness (QED) is 0.725. The fraction of sp³-hybridized carbons (Fsp3) is 0.409. The number of H-pyrrole nitrogens is 1. The summed E-state index contributed by atoms with van der Waals surface area (Å²) < 4.78 is 5.01. The van der Waals surface area contributed by atoms with Crippen LogP contribution in [0.25, 0.3) is 22.5 Å². The molecule has 0 radical (unpaired) electrons. The lowest BCUT2D eigenvalue weighted by molar-refractivity contribution is 0.109. The van der Waals surface area contributed by atoms with Crippen molar-refractivity contribution in [3.8, 4) is 22.5 Å². The third-order valence-corrected chi connectivity index (χ3v) is 4.36. The van der Waals surface area contributed by atoms with Crippen LogP contribution >= 0.6 is 0 Å². The van der Waals surface area contributed by atoms with Crippen LogP contribution in [-0.2, 0) is 11.2 Å². The number of hydrogen-bond acceptors (Lipinski definition) is 5. The zero-order valence-electron chi connectivity index (χ0n) is 16.9. The second-order valence-electron chi connectivity index (χ2n) is 8.08. The number of nitrogens with one attached hydrogen (secondary N) is 2. The number of benzene rings is 2. The van der Waals surface area contributed by atoms with E-state index in [4.69, 9.17) is 4.74 Å². The zero-order chi connectivity index (χ0) is 19.8. The van der Waals surface area contributed by atoms with Gasteiger partial charge in [0.1, 0.15) is 0 Å². The Morgan fingerprint density at radius 3 is 2.11 bits per heavy atom. The van der Waals surface area contributed by atoms with Crippen LogP contribution in [0, 0.1) is 5.41 Å². The number of tetrazole rings is 1. The second-order valence-corrected chi connectivity index (χ2v) is 8.08. The maximum atomic E-state index is 5.01. The highest BCUT2D eigenvalue weighted by Crippen LogP contribution is 2.30. The van der Waals surface area contributed by atoms with Crippen molar-refractivity contribution in [2.24, 2.45) is 5.41 Å². The Balaban J connectivity index is 0.000000320. The molecule has 1 aromatic heterocycles. The van der Waals surface area contributed by atoms with E-state index < -0.39 is 0 Å². The Labute approximate surface area is 166 Å². The number of hydrogen-bond donors (Lipinski definition) is 2. The molecular formula is C22H29N5O. The van der Waals surface area contributed by atoms with E-state index in [0.717, 1.165) is 49.4 Å². The summed E-state index contributed by atoms with van der Waals surface area (Å²) in [5.41, 5.74) is 4.92. The van der Waals surface area contributed by atoms with Gasteiger partial charge >= 0.3 is 0 Å². The highest BCUT2D eigenvalue weighted by molar-refractivity contribution is 5.80. The molecule has 0 amide bonds. The first kappa shape index (κ1) is 20.2. The summed E-state index contributed by atoms with van der Waals surface area (Å²) in [6, 6.07) is 16.9. The highest BCUT2D eigenvalue weighted by Gasteiger charge is 2.13. The topological polar surface area (TPSA) is 75.7 Å².